The highest BCUT2D eigenvalue weighted by Gasteiger charge is 2.11. The number of ether oxygens (including phenoxy) is 2. The molecule has 0 atom stereocenters. The van der Waals surface area contributed by atoms with Crippen molar-refractivity contribution in [2.24, 2.45) is 10.7 Å². The summed E-state index contributed by atoms with van der Waals surface area (Å²) < 4.78 is 24.2. The fraction of sp³-hybridized carbons (Fsp3) is 0.188. The first kappa shape index (κ1) is 16.4. The van der Waals surface area contributed by atoms with Gasteiger partial charge in [0.2, 0.25) is 5.88 Å². The average Bonchev–Trinajstić information content (AvgIpc) is 2.55. The molecule has 0 saturated carbocycles. The lowest BCUT2D eigenvalue weighted by Crippen LogP contribution is -2.19. The van der Waals surface area contributed by atoms with Crippen molar-refractivity contribution in [2.75, 3.05) is 20.8 Å². The smallest absolute Gasteiger partial charge is 0.404 e. The molecule has 1 amide bonds. The third kappa shape index (κ3) is 4.03. The highest BCUT2D eigenvalue weighted by molar-refractivity contribution is 6.02. The Kier molecular flexibility index (Phi) is 5.24. The molecule has 0 aliphatic rings. The molecule has 0 fully saturated rings. The van der Waals surface area contributed by atoms with Gasteiger partial charge in [0.05, 0.1) is 12.8 Å². The predicted molar refractivity (Wildman–Crippen MR) is 84.2 cm³/mol. The van der Waals surface area contributed by atoms with Gasteiger partial charge in [0.1, 0.15) is 12.4 Å². The van der Waals surface area contributed by atoms with E-state index in [2.05, 4.69) is 9.98 Å². The lowest BCUT2D eigenvalue weighted by Gasteiger charge is -2.09. The van der Waals surface area contributed by atoms with Crippen molar-refractivity contribution >= 4 is 11.8 Å². The van der Waals surface area contributed by atoms with E-state index in [0.29, 0.717) is 28.3 Å². The summed E-state index contributed by atoms with van der Waals surface area (Å²) in [4.78, 5) is 18.6. The molecular weight excluding hydrogens is 301 g/mol. The van der Waals surface area contributed by atoms with Crippen LogP contribution in [0.1, 0.15) is 5.56 Å². The van der Waals surface area contributed by atoms with Crippen molar-refractivity contribution in [3.8, 4) is 17.0 Å². The van der Waals surface area contributed by atoms with Crippen LogP contribution in [0.15, 0.2) is 41.5 Å². The lowest BCUT2D eigenvalue weighted by atomic mass is 10.0. The molecule has 120 valence electrons. The van der Waals surface area contributed by atoms with Crippen LogP contribution in [0.4, 0.5) is 9.18 Å². The minimum absolute atomic E-state index is 0.117. The lowest BCUT2D eigenvalue weighted by molar-refractivity contribution is 0.173. The molecule has 0 aliphatic carbocycles. The third-order valence-electron chi connectivity index (χ3n) is 3.18. The van der Waals surface area contributed by atoms with Crippen LogP contribution in [0.2, 0.25) is 0 Å². The molecule has 2 aromatic rings. The second-order valence-electron chi connectivity index (χ2n) is 4.56. The number of benzene rings is 1. The highest BCUT2D eigenvalue weighted by Crippen LogP contribution is 2.26. The van der Waals surface area contributed by atoms with Gasteiger partial charge in [-0.05, 0) is 17.7 Å². The zero-order valence-corrected chi connectivity index (χ0v) is 12.7. The summed E-state index contributed by atoms with van der Waals surface area (Å²) in [6, 6.07) is 7.97. The Balaban J connectivity index is 2.31. The third-order valence-corrected chi connectivity index (χ3v) is 3.18. The Morgan fingerprint density at radius 1 is 1.35 bits per heavy atom. The van der Waals surface area contributed by atoms with Crippen molar-refractivity contribution < 1.29 is 18.7 Å². The number of aromatic nitrogens is 1. The second-order valence-corrected chi connectivity index (χ2v) is 4.56. The summed E-state index contributed by atoms with van der Waals surface area (Å²) in [6.07, 6.45) is 0.633. The van der Waals surface area contributed by atoms with Crippen LogP contribution in [0, 0.1) is 5.82 Å². The number of amides is 1. The van der Waals surface area contributed by atoms with E-state index < -0.39 is 11.9 Å². The number of hydrogen-bond donors (Lipinski definition) is 1. The quantitative estimate of drug-likeness (QED) is 0.858. The molecule has 2 rings (SSSR count). The number of carbonyl (C=O) groups excluding carboxylic acids is 1. The zero-order valence-electron chi connectivity index (χ0n) is 12.7. The Morgan fingerprint density at radius 2 is 2.13 bits per heavy atom. The molecule has 1 aromatic carbocycles. The Labute approximate surface area is 132 Å². The van der Waals surface area contributed by atoms with Crippen LogP contribution in [-0.2, 0) is 4.74 Å². The van der Waals surface area contributed by atoms with Gasteiger partial charge in [0, 0.05) is 30.4 Å². The number of aliphatic imine (C=N–C) groups is 1. The molecule has 0 aliphatic heterocycles. The number of nitrogens with zero attached hydrogens (tertiary/aromatic N) is 2. The van der Waals surface area contributed by atoms with Gasteiger partial charge < -0.3 is 15.2 Å². The first-order valence-corrected chi connectivity index (χ1v) is 6.73. The van der Waals surface area contributed by atoms with Gasteiger partial charge in [-0.2, -0.15) is 0 Å². The number of hydrogen-bond acceptors (Lipinski definition) is 5. The maximum Gasteiger partial charge on any atom is 0.404 e. The Hall–Kier alpha value is -2.96. The van der Waals surface area contributed by atoms with E-state index in [0.717, 1.165) is 0 Å². The Morgan fingerprint density at radius 3 is 2.74 bits per heavy atom. The standard InChI is InChI=1S/C16H16FN3O3/c1-19-14(9-23-16(18)21)11-3-4-12(13(17)7-11)10-5-6-20-15(8-10)22-2/h3-8H,9H2,1-2H3,(H2,18,21)/b19-14+. The molecule has 2 N–H and O–H groups in total. The van der Waals surface area contributed by atoms with E-state index in [1.165, 1.54) is 20.2 Å². The first-order valence-electron chi connectivity index (χ1n) is 6.73. The van der Waals surface area contributed by atoms with Crippen LogP contribution < -0.4 is 10.5 Å². The number of pyridine rings is 1. The average molecular weight is 317 g/mol. The molecule has 1 heterocycles. The van der Waals surface area contributed by atoms with Gasteiger partial charge in [-0.3, -0.25) is 4.99 Å². The normalized spacial score (nSPS) is 11.2. The molecule has 0 bridgehead atoms. The fourth-order valence-corrected chi connectivity index (χ4v) is 2.03. The molecule has 7 heteroatoms. The van der Waals surface area contributed by atoms with Crippen LogP contribution in [0.5, 0.6) is 5.88 Å². The minimum Gasteiger partial charge on any atom is -0.481 e. The van der Waals surface area contributed by atoms with E-state index in [4.69, 9.17) is 15.2 Å². The van der Waals surface area contributed by atoms with Crippen LogP contribution in [-0.4, -0.2) is 37.6 Å². The number of halogens is 1. The molecular formula is C16H16FN3O3. The van der Waals surface area contributed by atoms with Crippen LogP contribution in [0.25, 0.3) is 11.1 Å². The molecule has 23 heavy (non-hydrogen) atoms. The van der Waals surface area contributed by atoms with Crippen LogP contribution >= 0.6 is 0 Å². The molecule has 0 spiro atoms. The summed E-state index contributed by atoms with van der Waals surface area (Å²) in [5.41, 5.74) is 6.90. The summed E-state index contributed by atoms with van der Waals surface area (Å²) in [5, 5.41) is 0. The van der Waals surface area contributed by atoms with E-state index in [1.54, 1.807) is 30.5 Å². The largest absolute Gasteiger partial charge is 0.481 e. The van der Waals surface area contributed by atoms with Crippen molar-refractivity contribution in [3.63, 3.8) is 0 Å². The number of methoxy groups -OCH3 is 1. The van der Waals surface area contributed by atoms with Gasteiger partial charge in [0.15, 0.2) is 0 Å². The van der Waals surface area contributed by atoms with Crippen molar-refractivity contribution in [3.05, 3.63) is 47.9 Å². The van der Waals surface area contributed by atoms with Gasteiger partial charge in [0.25, 0.3) is 0 Å². The van der Waals surface area contributed by atoms with E-state index in [9.17, 15) is 9.18 Å². The summed E-state index contributed by atoms with van der Waals surface area (Å²) in [5.74, 6) is -0.0346. The van der Waals surface area contributed by atoms with E-state index >= 15 is 0 Å². The van der Waals surface area contributed by atoms with Crippen LogP contribution in [0.3, 0.4) is 0 Å². The zero-order chi connectivity index (χ0) is 16.8. The number of primary amides is 1. The molecule has 6 nitrogen and oxygen atoms in total. The maximum absolute atomic E-state index is 14.4. The summed E-state index contributed by atoms with van der Waals surface area (Å²) >= 11 is 0. The molecule has 0 saturated heterocycles. The van der Waals surface area contributed by atoms with Crippen molar-refractivity contribution in [1.29, 1.82) is 0 Å². The number of carbonyl (C=O) groups is 1. The summed E-state index contributed by atoms with van der Waals surface area (Å²) in [6.45, 7) is -0.117. The summed E-state index contributed by atoms with van der Waals surface area (Å²) in [7, 11) is 3.02. The minimum atomic E-state index is -0.910. The van der Waals surface area contributed by atoms with Gasteiger partial charge in [-0.1, -0.05) is 12.1 Å². The molecule has 0 unspecified atom stereocenters. The second kappa shape index (κ2) is 7.35. The highest BCUT2D eigenvalue weighted by atomic mass is 19.1. The van der Waals surface area contributed by atoms with Gasteiger partial charge >= 0.3 is 6.09 Å². The topological polar surface area (TPSA) is 86.8 Å². The number of nitrogens with two attached hydrogens (primary N) is 1. The van der Waals surface area contributed by atoms with E-state index in [1.807, 2.05) is 0 Å². The van der Waals surface area contributed by atoms with Gasteiger partial charge in [-0.15, -0.1) is 0 Å². The van der Waals surface area contributed by atoms with Crippen molar-refractivity contribution in [2.45, 2.75) is 0 Å². The fourth-order valence-electron chi connectivity index (χ4n) is 2.03. The molecule has 0 radical (unpaired) electrons. The monoisotopic (exact) mass is 317 g/mol. The molecule has 1 aromatic heterocycles. The first-order chi connectivity index (χ1) is 11.0. The van der Waals surface area contributed by atoms with Gasteiger partial charge in [-0.25, -0.2) is 14.2 Å². The number of rotatable bonds is 5. The maximum atomic E-state index is 14.4. The van der Waals surface area contributed by atoms with Crippen molar-refractivity contribution in [1.82, 2.24) is 4.98 Å². The SMILES string of the molecule is C/N=C(\COC(N)=O)c1ccc(-c2ccnc(OC)c2)c(F)c1. The Bertz CT molecular complexity index is 747. The van der Waals surface area contributed by atoms with E-state index in [-0.39, 0.29) is 6.61 Å². The predicted octanol–water partition coefficient (Wildman–Crippen LogP) is 2.41.